The summed E-state index contributed by atoms with van der Waals surface area (Å²) in [6.07, 6.45) is 6.52. The van der Waals surface area contributed by atoms with Crippen molar-refractivity contribution in [2.45, 2.75) is 6.42 Å². The van der Waals surface area contributed by atoms with Gasteiger partial charge in [-0.15, -0.1) is 0 Å². The summed E-state index contributed by atoms with van der Waals surface area (Å²) in [6, 6.07) is 5.37. The number of amides is 2. The second-order valence-electron chi connectivity index (χ2n) is 6.32. The van der Waals surface area contributed by atoms with E-state index in [9.17, 15) is 9.59 Å². The van der Waals surface area contributed by atoms with Crippen molar-refractivity contribution in [2.24, 2.45) is 28.8 Å². The van der Waals surface area contributed by atoms with Gasteiger partial charge < -0.3 is 9.47 Å². The average Bonchev–Trinajstić information content (AvgIpc) is 3.27. The molecule has 1 saturated carbocycles. The third kappa shape index (κ3) is 1.99. The fraction of sp³-hybridized carbons (Fsp3) is 0.389. The highest BCUT2D eigenvalue weighted by atomic mass is 16.5. The van der Waals surface area contributed by atoms with Gasteiger partial charge in [0.05, 0.1) is 32.3 Å². The Morgan fingerprint density at radius 3 is 2.33 bits per heavy atom. The van der Waals surface area contributed by atoms with E-state index < -0.39 is 0 Å². The van der Waals surface area contributed by atoms with Crippen molar-refractivity contribution in [1.82, 2.24) is 5.01 Å². The molecule has 2 fully saturated rings. The zero-order chi connectivity index (χ0) is 16.8. The van der Waals surface area contributed by atoms with Gasteiger partial charge in [0.2, 0.25) is 0 Å². The van der Waals surface area contributed by atoms with Crippen molar-refractivity contribution in [3.63, 3.8) is 0 Å². The molecule has 24 heavy (non-hydrogen) atoms. The Labute approximate surface area is 139 Å². The van der Waals surface area contributed by atoms with Crippen LogP contribution >= 0.6 is 0 Å². The monoisotopic (exact) mass is 326 g/mol. The van der Waals surface area contributed by atoms with E-state index in [0.29, 0.717) is 17.1 Å². The molecule has 1 aromatic rings. The van der Waals surface area contributed by atoms with Gasteiger partial charge in [-0.3, -0.25) is 9.59 Å². The third-order valence-corrected chi connectivity index (χ3v) is 5.19. The first kappa shape index (κ1) is 14.9. The summed E-state index contributed by atoms with van der Waals surface area (Å²) in [5, 5.41) is 5.19. The Balaban J connectivity index is 1.62. The fourth-order valence-corrected chi connectivity index (χ4v) is 4.13. The highest BCUT2D eigenvalue weighted by Gasteiger charge is 2.59. The van der Waals surface area contributed by atoms with Gasteiger partial charge in [0.15, 0.2) is 11.5 Å². The molecule has 0 aromatic heterocycles. The summed E-state index contributed by atoms with van der Waals surface area (Å²) in [6.45, 7) is 0. The van der Waals surface area contributed by atoms with Gasteiger partial charge in [0, 0.05) is 5.56 Å². The van der Waals surface area contributed by atoms with Crippen molar-refractivity contribution < 1.29 is 19.1 Å². The van der Waals surface area contributed by atoms with Crippen LogP contribution in [0.4, 0.5) is 0 Å². The molecule has 4 rings (SSSR count). The molecule has 0 unspecified atom stereocenters. The molecule has 1 saturated heterocycles. The number of fused-ring (bicyclic) bond motifs is 5. The number of methoxy groups -OCH3 is 2. The van der Waals surface area contributed by atoms with Crippen molar-refractivity contribution in [3.8, 4) is 11.5 Å². The van der Waals surface area contributed by atoms with Crippen LogP contribution in [0.3, 0.4) is 0 Å². The predicted octanol–water partition coefficient (Wildman–Crippen LogP) is 1.84. The quantitative estimate of drug-likeness (QED) is 0.481. The Bertz CT molecular complexity index is 740. The lowest BCUT2D eigenvalue weighted by molar-refractivity contribution is -0.140. The van der Waals surface area contributed by atoms with E-state index in [0.717, 1.165) is 11.4 Å². The van der Waals surface area contributed by atoms with Crippen LogP contribution in [0.1, 0.15) is 12.0 Å². The molecule has 2 bridgehead atoms. The summed E-state index contributed by atoms with van der Waals surface area (Å²) >= 11 is 0. The molecule has 2 amide bonds. The van der Waals surface area contributed by atoms with Crippen LogP contribution in [0.15, 0.2) is 35.5 Å². The fourth-order valence-electron chi connectivity index (χ4n) is 4.13. The maximum Gasteiger partial charge on any atom is 0.254 e. The second kappa shape index (κ2) is 5.47. The number of carbonyl (C=O) groups is 2. The lowest BCUT2D eigenvalue weighted by atomic mass is 9.85. The number of para-hydroxylation sites is 1. The highest BCUT2D eigenvalue weighted by molar-refractivity contribution is 6.07. The average molecular weight is 326 g/mol. The van der Waals surface area contributed by atoms with Crippen molar-refractivity contribution >= 4 is 18.0 Å². The molecule has 6 heteroatoms. The molecule has 1 aromatic carbocycles. The van der Waals surface area contributed by atoms with Crippen LogP contribution in [0.2, 0.25) is 0 Å². The molecule has 0 N–H and O–H groups in total. The molecule has 2 aliphatic carbocycles. The summed E-state index contributed by atoms with van der Waals surface area (Å²) in [5.74, 6) is 0.587. The largest absolute Gasteiger partial charge is 0.493 e. The number of imide groups is 1. The van der Waals surface area contributed by atoms with Crippen LogP contribution in [-0.2, 0) is 9.59 Å². The molecule has 3 aliphatic rings. The van der Waals surface area contributed by atoms with E-state index in [4.69, 9.17) is 9.47 Å². The summed E-state index contributed by atoms with van der Waals surface area (Å²) in [7, 11) is 3.09. The Morgan fingerprint density at radius 2 is 1.75 bits per heavy atom. The van der Waals surface area contributed by atoms with Gasteiger partial charge in [-0.1, -0.05) is 18.2 Å². The second-order valence-corrected chi connectivity index (χ2v) is 6.32. The number of hydrazone groups is 1. The summed E-state index contributed by atoms with van der Waals surface area (Å²) < 4.78 is 10.6. The number of rotatable bonds is 4. The zero-order valence-electron chi connectivity index (χ0n) is 13.5. The molecule has 124 valence electrons. The number of benzene rings is 1. The first-order valence-corrected chi connectivity index (χ1v) is 7.96. The number of nitrogens with zero attached hydrogens (tertiary/aromatic N) is 2. The molecule has 6 nitrogen and oxygen atoms in total. The number of hydrogen-bond donors (Lipinski definition) is 0. The summed E-state index contributed by atoms with van der Waals surface area (Å²) in [4.78, 5) is 25.2. The Kier molecular flexibility index (Phi) is 3.40. The molecule has 0 spiro atoms. The molecular weight excluding hydrogens is 308 g/mol. The lowest BCUT2D eigenvalue weighted by Gasteiger charge is -2.13. The number of carbonyl (C=O) groups excluding carboxylic acids is 2. The van der Waals surface area contributed by atoms with Gasteiger partial charge >= 0.3 is 0 Å². The van der Waals surface area contributed by atoms with Crippen LogP contribution in [0, 0.1) is 23.7 Å². The van der Waals surface area contributed by atoms with Crippen molar-refractivity contribution in [3.05, 3.63) is 35.9 Å². The van der Waals surface area contributed by atoms with Gasteiger partial charge in [0.25, 0.3) is 11.8 Å². The molecule has 4 atom stereocenters. The maximum atomic E-state index is 12.6. The molecule has 1 aliphatic heterocycles. The van der Waals surface area contributed by atoms with Gasteiger partial charge in [-0.05, 0) is 30.4 Å². The smallest absolute Gasteiger partial charge is 0.254 e. The zero-order valence-corrected chi connectivity index (χ0v) is 13.5. The van der Waals surface area contributed by atoms with E-state index in [-0.39, 0.29) is 35.5 Å². The first-order valence-electron chi connectivity index (χ1n) is 7.96. The van der Waals surface area contributed by atoms with E-state index in [1.54, 1.807) is 25.3 Å². The van der Waals surface area contributed by atoms with Crippen LogP contribution < -0.4 is 9.47 Å². The maximum absolute atomic E-state index is 12.6. The summed E-state index contributed by atoms with van der Waals surface area (Å²) in [5.41, 5.74) is 0.649. The molecule has 1 heterocycles. The van der Waals surface area contributed by atoms with Gasteiger partial charge in [-0.25, -0.2) is 0 Å². The molecule has 0 radical (unpaired) electrons. The molecular formula is C18H18N2O4. The topological polar surface area (TPSA) is 68.2 Å². The van der Waals surface area contributed by atoms with Crippen LogP contribution in [0.5, 0.6) is 11.5 Å². The predicted molar refractivity (Wildman–Crippen MR) is 86.7 cm³/mol. The lowest BCUT2D eigenvalue weighted by Crippen LogP contribution is -2.28. The van der Waals surface area contributed by atoms with E-state index in [2.05, 4.69) is 17.3 Å². The minimum absolute atomic E-state index is 0.183. The van der Waals surface area contributed by atoms with Gasteiger partial charge in [-0.2, -0.15) is 10.1 Å². The van der Waals surface area contributed by atoms with E-state index >= 15 is 0 Å². The van der Waals surface area contributed by atoms with Crippen LogP contribution in [-0.4, -0.2) is 37.3 Å². The number of hydrogen-bond acceptors (Lipinski definition) is 5. The SMILES string of the molecule is COc1cccc(/C=N\N2C(=O)[C@@H]3[C@@H](C2=O)[C@H]2C=C[C@@H]3C2)c1OC. The van der Waals surface area contributed by atoms with Crippen LogP contribution in [0.25, 0.3) is 0 Å². The van der Waals surface area contributed by atoms with Crippen molar-refractivity contribution in [1.29, 1.82) is 0 Å². The number of allylic oxidation sites excluding steroid dienone is 2. The highest BCUT2D eigenvalue weighted by Crippen LogP contribution is 2.52. The standard InChI is InChI=1S/C18H18N2O4/c1-23-13-5-3-4-12(16(13)24-2)9-19-20-17(21)14-10-6-7-11(8-10)15(14)18(20)22/h3-7,9-11,14-15H,8H2,1-2H3/b19-9-/t10-,11+,14-,15-/m0/s1. The third-order valence-electron chi connectivity index (χ3n) is 5.19. The normalized spacial score (nSPS) is 30.5. The van der Waals surface area contributed by atoms with Gasteiger partial charge in [0.1, 0.15) is 0 Å². The first-order chi connectivity index (χ1) is 11.7. The minimum Gasteiger partial charge on any atom is -0.493 e. The number of ether oxygens (including phenoxy) is 2. The van der Waals surface area contributed by atoms with E-state index in [1.165, 1.54) is 13.3 Å². The Hall–Kier alpha value is -2.63. The van der Waals surface area contributed by atoms with Crippen molar-refractivity contribution in [2.75, 3.05) is 14.2 Å². The minimum atomic E-state index is -0.239. The Morgan fingerprint density at radius 1 is 1.08 bits per heavy atom. The van der Waals surface area contributed by atoms with E-state index in [1.807, 2.05) is 0 Å².